The van der Waals surface area contributed by atoms with Gasteiger partial charge in [0.05, 0.1) is 18.2 Å². The number of sulfonamides is 1. The fraction of sp³-hybridized carbons (Fsp3) is 0.458. The van der Waals surface area contributed by atoms with Crippen LogP contribution in [0.3, 0.4) is 0 Å². The fourth-order valence-electron chi connectivity index (χ4n) is 3.55. The maximum Gasteiger partial charge on any atom is 0.244 e. The van der Waals surface area contributed by atoms with Crippen molar-refractivity contribution in [3.63, 3.8) is 0 Å². The number of ether oxygens (including phenoxy) is 2. The molecule has 1 unspecified atom stereocenters. The van der Waals surface area contributed by atoms with Crippen molar-refractivity contribution in [2.24, 2.45) is 0 Å². The number of aliphatic hydroxyl groups is 1. The van der Waals surface area contributed by atoms with E-state index in [2.05, 4.69) is 4.98 Å². The average Bonchev–Trinajstić information content (AvgIpc) is 3.12. The number of methoxy groups -OCH3 is 1. The fourth-order valence-corrected chi connectivity index (χ4v) is 5.76. The first-order valence-corrected chi connectivity index (χ1v) is 13.6. The van der Waals surface area contributed by atoms with Crippen LogP contribution in [-0.2, 0) is 10.0 Å². The first-order chi connectivity index (χ1) is 15.9. The Morgan fingerprint density at radius 2 is 1.91 bits per heavy atom. The number of benzene rings is 1. The highest BCUT2D eigenvalue weighted by Crippen LogP contribution is 2.29. The van der Waals surface area contributed by atoms with Crippen molar-refractivity contribution in [2.45, 2.75) is 48.6 Å². The van der Waals surface area contributed by atoms with Crippen molar-refractivity contribution in [2.75, 3.05) is 32.6 Å². The van der Waals surface area contributed by atoms with Crippen molar-refractivity contribution in [1.29, 1.82) is 0 Å². The second kappa shape index (κ2) is 12.4. The first-order valence-electron chi connectivity index (χ1n) is 11.1. The molecule has 1 aliphatic heterocycles. The van der Waals surface area contributed by atoms with E-state index in [1.54, 1.807) is 23.5 Å². The highest BCUT2D eigenvalue weighted by Gasteiger charge is 2.25. The van der Waals surface area contributed by atoms with E-state index < -0.39 is 16.1 Å². The normalized spacial score (nSPS) is 16.5. The SMILES string of the molecule is C/C=C/c1ccc(OCC(O)CSc2ccc(S(=O)(=O)N3CCCCCC3)cn2)c(OC)c1. The summed E-state index contributed by atoms with van der Waals surface area (Å²) in [6.07, 6.45) is 8.52. The lowest BCUT2D eigenvalue weighted by molar-refractivity contribution is 0.124. The Balaban J connectivity index is 1.52. The van der Waals surface area contributed by atoms with Gasteiger partial charge < -0.3 is 14.6 Å². The Morgan fingerprint density at radius 1 is 1.15 bits per heavy atom. The van der Waals surface area contributed by atoms with Gasteiger partial charge in [-0.2, -0.15) is 4.31 Å². The number of hydrogen-bond donors (Lipinski definition) is 1. The minimum Gasteiger partial charge on any atom is -0.493 e. The van der Waals surface area contributed by atoms with Crippen LogP contribution in [0.25, 0.3) is 6.08 Å². The van der Waals surface area contributed by atoms with E-state index in [1.807, 2.05) is 37.3 Å². The van der Waals surface area contributed by atoms with Crippen LogP contribution in [0, 0.1) is 0 Å². The highest BCUT2D eigenvalue weighted by molar-refractivity contribution is 7.99. The highest BCUT2D eigenvalue weighted by atomic mass is 32.2. The van der Waals surface area contributed by atoms with E-state index in [1.165, 1.54) is 18.0 Å². The number of aliphatic hydroxyl groups excluding tert-OH is 1. The van der Waals surface area contributed by atoms with Crippen LogP contribution in [0.2, 0.25) is 0 Å². The Kier molecular flexibility index (Phi) is 9.61. The van der Waals surface area contributed by atoms with Crippen LogP contribution >= 0.6 is 11.8 Å². The third kappa shape index (κ3) is 7.20. The number of rotatable bonds is 10. The smallest absolute Gasteiger partial charge is 0.244 e. The molecule has 1 aliphatic rings. The number of hydrogen-bond acceptors (Lipinski definition) is 7. The van der Waals surface area contributed by atoms with Gasteiger partial charge in [-0.3, -0.25) is 0 Å². The number of thioether (sulfide) groups is 1. The van der Waals surface area contributed by atoms with Crippen LogP contribution in [0.4, 0.5) is 0 Å². The molecule has 0 saturated carbocycles. The van der Waals surface area contributed by atoms with Gasteiger partial charge in [-0.1, -0.05) is 31.1 Å². The van der Waals surface area contributed by atoms with Gasteiger partial charge in [-0.25, -0.2) is 13.4 Å². The molecule has 0 bridgehead atoms. The Hall–Kier alpha value is -2.07. The maximum atomic E-state index is 12.9. The molecule has 180 valence electrons. The standard InChI is InChI=1S/C24H32N2O5S2/c1-3-8-19-9-11-22(23(15-19)30-2)31-17-20(27)18-32-24-12-10-21(16-25-24)33(28,29)26-13-6-4-5-7-14-26/h3,8-12,15-16,20,27H,4-7,13-14,17-18H2,1-2H3/b8-3+. The van der Waals surface area contributed by atoms with E-state index in [0.717, 1.165) is 31.2 Å². The van der Waals surface area contributed by atoms with E-state index in [9.17, 15) is 13.5 Å². The molecule has 2 heterocycles. The summed E-state index contributed by atoms with van der Waals surface area (Å²) in [5, 5.41) is 11.0. The molecule has 1 aromatic carbocycles. The predicted octanol–water partition coefficient (Wildman–Crippen LogP) is 4.22. The summed E-state index contributed by atoms with van der Waals surface area (Å²) in [4.78, 5) is 4.50. The second-order valence-corrected chi connectivity index (χ2v) is 10.8. The summed E-state index contributed by atoms with van der Waals surface area (Å²) in [6.45, 7) is 3.18. The molecule has 1 N–H and O–H groups in total. The largest absolute Gasteiger partial charge is 0.493 e. The minimum atomic E-state index is -3.51. The summed E-state index contributed by atoms with van der Waals surface area (Å²) in [5.41, 5.74) is 1.00. The average molecular weight is 493 g/mol. The molecule has 3 rings (SSSR count). The van der Waals surface area contributed by atoms with Crippen molar-refractivity contribution in [1.82, 2.24) is 9.29 Å². The zero-order valence-electron chi connectivity index (χ0n) is 19.1. The summed E-state index contributed by atoms with van der Waals surface area (Å²) in [7, 11) is -1.93. The molecule has 0 radical (unpaired) electrons. The van der Waals surface area contributed by atoms with Gasteiger partial charge in [0, 0.05) is 25.0 Å². The van der Waals surface area contributed by atoms with E-state index >= 15 is 0 Å². The van der Waals surface area contributed by atoms with Crippen LogP contribution in [-0.4, -0.2) is 61.5 Å². The third-order valence-electron chi connectivity index (χ3n) is 5.31. The molecule has 1 fully saturated rings. The lowest BCUT2D eigenvalue weighted by Gasteiger charge is -2.19. The van der Waals surface area contributed by atoms with E-state index in [-0.39, 0.29) is 11.5 Å². The molecule has 33 heavy (non-hydrogen) atoms. The number of aromatic nitrogens is 1. The topological polar surface area (TPSA) is 89.0 Å². The van der Waals surface area contributed by atoms with Crippen molar-refractivity contribution >= 4 is 27.9 Å². The lowest BCUT2D eigenvalue weighted by Crippen LogP contribution is -2.32. The molecule has 2 aromatic rings. The summed E-state index contributed by atoms with van der Waals surface area (Å²) < 4.78 is 38.4. The zero-order valence-corrected chi connectivity index (χ0v) is 20.8. The maximum absolute atomic E-state index is 12.9. The second-order valence-electron chi connectivity index (χ2n) is 7.84. The van der Waals surface area contributed by atoms with Crippen molar-refractivity contribution in [3.8, 4) is 11.5 Å². The first kappa shape index (κ1) is 25.6. The van der Waals surface area contributed by atoms with Gasteiger partial charge >= 0.3 is 0 Å². The molecule has 9 heteroatoms. The number of allylic oxidation sites excluding steroid dienone is 1. The molecule has 1 saturated heterocycles. The number of pyridine rings is 1. The summed E-state index contributed by atoms with van der Waals surface area (Å²) in [6, 6.07) is 8.90. The zero-order chi connectivity index (χ0) is 23.7. The molecule has 0 amide bonds. The van der Waals surface area contributed by atoms with Crippen molar-refractivity contribution in [3.05, 3.63) is 48.2 Å². The molecular formula is C24H32N2O5S2. The molecular weight excluding hydrogens is 460 g/mol. The summed E-state index contributed by atoms with van der Waals surface area (Å²) in [5.74, 6) is 1.54. The van der Waals surface area contributed by atoms with Crippen LogP contribution in [0.5, 0.6) is 11.5 Å². The van der Waals surface area contributed by atoms with E-state index in [0.29, 0.717) is 35.4 Å². The van der Waals surface area contributed by atoms with Crippen LogP contribution in [0.1, 0.15) is 38.2 Å². The van der Waals surface area contributed by atoms with Gasteiger partial charge in [-0.15, -0.1) is 11.8 Å². The quantitative estimate of drug-likeness (QED) is 0.497. The molecule has 0 spiro atoms. The third-order valence-corrected chi connectivity index (χ3v) is 8.28. The van der Waals surface area contributed by atoms with Gasteiger partial charge in [-0.05, 0) is 49.6 Å². The van der Waals surface area contributed by atoms with Crippen molar-refractivity contribution < 1.29 is 23.0 Å². The molecule has 1 atom stereocenters. The number of nitrogens with zero attached hydrogens (tertiary/aromatic N) is 2. The minimum absolute atomic E-state index is 0.105. The van der Waals surface area contributed by atoms with E-state index in [4.69, 9.17) is 9.47 Å². The molecule has 1 aromatic heterocycles. The lowest BCUT2D eigenvalue weighted by atomic mass is 10.2. The summed E-state index contributed by atoms with van der Waals surface area (Å²) >= 11 is 1.35. The Morgan fingerprint density at radius 3 is 2.55 bits per heavy atom. The molecule has 0 aliphatic carbocycles. The van der Waals surface area contributed by atoms with Gasteiger partial charge in [0.2, 0.25) is 10.0 Å². The predicted molar refractivity (Wildman–Crippen MR) is 131 cm³/mol. The van der Waals surface area contributed by atoms with Crippen LogP contribution < -0.4 is 9.47 Å². The van der Waals surface area contributed by atoms with Gasteiger partial charge in [0.15, 0.2) is 11.5 Å². The van der Waals surface area contributed by atoms with Crippen LogP contribution in [0.15, 0.2) is 52.5 Å². The Bertz CT molecular complexity index is 1020. The molecule has 7 nitrogen and oxygen atoms in total. The monoisotopic (exact) mass is 492 g/mol. The Labute approximate surface area is 200 Å². The van der Waals surface area contributed by atoms with Gasteiger partial charge in [0.1, 0.15) is 11.5 Å². The van der Waals surface area contributed by atoms with Gasteiger partial charge in [0.25, 0.3) is 0 Å².